The van der Waals surface area contributed by atoms with Crippen molar-refractivity contribution >= 4 is 17.0 Å². The normalized spacial score (nSPS) is 12.3. The zero-order valence-electron chi connectivity index (χ0n) is 15.3. The van der Waals surface area contributed by atoms with E-state index in [1.54, 1.807) is 16.8 Å². The first-order valence-corrected chi connectivity index (χ1v) is 8.86. The number of nitrogens with one attached hydrogen (secondary N) is 2. The van der Waals surface area contributed by atoms with Crippen LogP contribution in [-0.2, 0) is 0 Å². The van der Waals surface area contributed by atoms with E-state index >= 15 is 0 Å². The number of ether oxygens (including phenoxy) is 1. The highest BCUT2D eigenvalue weighted by atomic mass is 19.3. The van der Waals surface area contributed by atoms with Gasteiger partial charge in [-0.25, -0.2) is 4.68 Å². The van der Waals surface area contributed by atoms with Gasteiger partial charge in [0.05, 0.1) is 17.9 Å². The summed E-state index contributed by atoms with van der Waals surface area (Å²) < 4.78 is 30.9. The van der Waals surface area contributed by atoms with Crippen LogP contribution in [0, 0.1) is 0 Å². The number of alkyl halides is 2. The molecule has 0 saturated carbocycles. The molecule has 0 fully saturated rings. The number of hydrogen-bond donors (Lipinski definition) is 2. The molecule has 7 nitrogen and oxygen atoms in total. The minimum Gasteiger partial charge on any atom is -0.435 e. The molecule has 9 heteroatoms. The van der Waals surface area contributed by atoms with E-state index in [-0.39, 0.29) is 23.3 Å². The van der Waals surface area contributed by atoms with E-state index < -0.39 is 6.61 Å². The molecular weight excluding hydrogens is 380 g/mol. The Bertz CT molecular complexity index is 1190. The van der Waals surface area contributed by atoms with Gasteiger partial charge in [-0.3, -0.25) is 9.78 Å². The van der Waals surface area contributed by atoms with Gasteiger partial charge >= 0.3 is 6.61 Å². The number of nitrogens with zero attached hydrogens (tertiary/aromatic N) is 3. The van der Waals surface area contributed by atoms with E-state index in [1.807, 2.05) is 37.3 Å². The zero-order valence-corrected chi connectivity index (χ0v) is 15.3. The van der Waals surface area contributed by atoms with E-state index in [0.717, 1.165) is 5.69 Å². The van der Waals surface area contributed by atoms with E-state index in [0.29, 0.717) is 16.6 Å². The SMILES string of the molecule is CC(Nc1nc2c(cnn2-c2ccccc2)c(=O)[nH]1)c1cccc(OC(F)F)c1. The minimum absolute atomic E-state index is 0.0604. The third-order valence-corrected chi connectivity index (χ3v) is 4.38. The number of aromatic amines is 1. The summed E-state index contributed by atoms with van der Waals surface area (Å²) >= 11 is 0. The average Bonchev–Trinajstić information content (AvgIpc) is 3.13. The Morgan fingerprint density at radius 1 is 1.14 bits per heavy atom. The van der Waals surface area contributed by atoms with Gasteiger partial charge in [-0.1, -0.05) is 30.3 Å². The fraction of sp³-hybridized carbons (Fsp3) is 0.150. The topological polar surface area (TPSA) is 84.8 Å². The summed E-state index contributed by atoms with van der Waals surface area (Å²) in [7, 11) is 0. The van der Waals surface area contributed by atoms with Crippen molar-refractivity contribution < 1.29 is 13.5 Å². The van der Waals surface area contributed by atoms with Gasteiger partial charge in [-0.2, -0.15) is 18.9 Å². The Balaban J connectivity index is 1.65. The van der Waals surface area contributed by atoms with E-state index in [4.69, 9.17) is 0 Å². The summed E-state index contributed by atoms with van der Waals surface area (Å²) in [6.45, 7) is -1.08. The molecule has 0 aliphatic heterocycles. The standard InChI is InChI=1S/C20H17F2N5O2/c1-12(13-6-5-9-15(10-13)29-19(21)22)24-20-25-17-16(18(28)26-20)11-23-27(17)14-7-3-2-4-8-14/h2-12,19H,1H3,(H2,24,25,26,28). The number of halogens is 2. The third kappa shape index (κ3) is 3.93. The molecule has 4 rings (SSSR count). The monoisotopic (exact) mass is 397 g/mol. The highest BCUT2D eigenvalue weighted by molar-refractivity contribution is 5.76. The van der Waals surface area contributed by atoms with Crippen LogP contribution in [0.25, 0.3) is 16.7 Å². The summed E-state index contributed by atoms with van der Waals surface area (Å²) in [5, 5.41) is 7.71. The van der Waals surface area contributed by atoms with Crippen LogP contribution in [0.1, 0.15) is 18.5 Å². The fourth-order valence-electron chi connectivity index (χ4n) is 2.99. The number of benzene rings is 2. The van der Waals surface area contributed by atoms with Crippen molar-refractivity contribution in [2.75, 3.05) is 5.32 Å². The predicted molar refractivity (Wildman–Crippen MR) is 105 cm³/mol. The summed E-state index contributed by atoms with van der Waals surface area (Å²) in [5.41, 5.74) is 1.55. The Kier molecular flexibility index (Phi) is 4.94. The molecule has 1 atom stereocenters. The van der Waals surface area contributed by atoms with Gasteiger partial charge in [-0.05, 0) is 36.8 Å². The van der Waals surface area contributed by atoms with Crippen molar-refractivity contribution in [2.24, 2.45) is 0 Å². The summed E-state index contributed by atoms with van der Waals surface area (Å²) in [4.78, 5) is 19.6. The van der Waals surface area contributed by atoms with Gasteiger partial charge < -0.3 is 10.1 Å². The number of para-hydroxylation sites is 1. The quantitative estimate of drug-likeness (QED) is 0.516. The van der Waals surface area contributed by atoms with Crippen molar-refractivity contribution in [3.05, 3.63) is 76.7 Å². The number of H-pyrrole nitrogens is 1. The molecule has 0 radical (unpaired) electrons. The number of hydrogen-bond acceptors (Lipinski definition) is 5. The zero-order chi connectivity index (χ0) is 20.4. The molecule has 2 aromatic heterocycles. The molecule has 0 bridgehead atoms. The van der Waals surface area contributed by atoms with Crippen LogP contribution >= 0.6 is 0 Å². The lowest BCUT2D eigenvalue weighted by atomic mass is 10.1. The van der Waals surface area contributed by atoms with Crippen LogP contribution in [-0.4, -0.2) is 26.4 Å². The highest BCUT2D eigenvalue weighted by Gasteiger charge is 2.14. The lowest BCUT2D eigenvalue weighted by Gasteiger charge is -2.16. The second kappa shape index (κ2) is 7.70. The number of rotatable bonds is 6. The van der Waals surface area contributed by atoms with Crippen molar-refractivity contribution in [2.45, 2.75) is 19.6 Å². The van der Waals surface area contributed by atoms with Crippen LogP contribution < -0.4 is 15.6 Å². The molecule has 0 aliphatic rings. The van der Waals surface area contributed by atoms with Gasteiger partial charge in [-0.15, -0.1) is 0 Å². The number of fused-ring (bicyclic) bond motifs is 1. The van der Waals surface area contributed by atoms with Crippen molar-refractivity contribution in [1.29, 1.82) is 0 Å². The second-order valence-electron chi connectivity index (χ2n) is 6.36. The van der Waals surface area contributed by atoms with Crippen LogP contribution in [0.4, 0.5) is 14.7 Å². The van der Waals surface area contributed by atoms with Gasteiger partial charge in [0.15, 0.2) is 5.65 Å². The first kappa shape index (κ1) is 18.6. The summed E-state index contributed by atoms with van der Waals surface area (Å²) in [5.74, 6) is 0.304. The van der Waals surface area contributed by atoms with Crippen LogP contribution in [0.15, 0.2) is 65.6 Å². The average molecular weight is 397 g/mol. The molecule has 29 heavy (non-hydrogen) atoms. The van der Waals surface area contributed by atoms with Crippen molar-refractivity contribution in [1.82, 2.24) is 19.7 Å². The first-order valence-electron chi connectivity index (χ1n) is 8.86. The number of anilines is 1. The molecule has 2 N–H and O–H groups in total. The van der Waals surface area contributed by atoms with Gasteiger partial charge in [0.2, 0.25) is 5.95 Å². The maximum absolute atomic E-state index is 12.4. The molecule has 0 aliphatic carbocycles. The molecule has 4 aromatic rings. The Morgan fingerprint density at radius 2 is 1.93 bits per heavy atom. The largest absolute Gasteiger partial charge is 0.435 e. The van der Waals surface area contributed by atoms with E-state index in [1.165, 1.54) is 18.3 Å². The minimum atomic E-state index is -2.90. The molecular formula is C20H17F2N5O2. The predicted octanol–water partition coefficient (Wildman–Crippen LogP) is 3.88. The highest BCUT2D eigenvalue weighted by Crippen LogP contribution is 2.23. The van der Waals surface area contributed by atoms with Crippen LogP contribution in [0.2, 0.25) is 0 Å². The van der Waals surface area contributed by atoms with Gasteiger partial charge in [0, 0.05) is 0 Å². The molecule has 0 saturated heterocycles. The Morgan fingerprint density at radius 3 is 2.69 bits per heavy atom. The van der Waals surface area contributed by atoms with Crippen molar-refractivity contribution in [3.8, 4) is 11.4 Å². The Labute approximate surface area is 164 Å². The molecule has 0 amide bonds. The fourth-order valence-corrected chi connectivity index (χ4v) is 2.99. The Hall–Kier alpha value is -3.75. The first-order chi connectivity index (χ1) is 14.0. The van der Waals surface area contributed by atoms with E-state index in [9.17, 15) is 13.6 Å². The number of aromatic nitrogens is 4. The third-order valence-electron chi connectivity index (χ3n) is 4.38. The van der Waals surface area contributed by atoms with Crippen LogP contribution in [0.3, 0.4) is 0 Å². The molecule has 2 aromatic carbocycles. The molecule has 2 heterocycles. The molecule has 0 spiro atoms. The van der Waals surface area contributed by atoms with Crippen LogP contribution in [0.5, 0.6) is 5.75 Å². The maximum atomic E-state index is 12.4. The van der Waals surface area contributed by atoms with Crippen molar-refractivity contribution in [3.63, 3.8) is 0 Å². The molecule has 148 valence electrons. The van der Waals surface area contributed by atoms with Gasteiger partial charge in [0.1, 0.15) is 11.1 Å². The maximum Gasteiger partial charge on any atom is 0.387 e. The second-order valence-corrected chi connectivity index (χ2v) is 6.36. The summed E-state index contributed by atoms with van der Waals surface area (Å²) in [6.07, 6.45) is 1.46. The lowest BCUT2D eigenvalue weighted by Crippen LogP contribution is -2.16. The summed E-state index contributed by atoms with van der Waals surface area (Å²) in [6, 6.07) is 15.4. The lowest BCUT2D eigenvalue weighted by molar-refractivity contribution is -0.0498. The smallest absolute Gasteiger partial charge is 0.387 e. The van der Waals surface area contributed by atoms with E-state index in [2.05, 4.69) is 25.1 Å². The molecule has 1 unspecified atom stereocenters. The van der Waals surface area contributed by atoms with Gasteiger partial charge in [0.25, 0.3) is 5.56 Å².